The second-order valence-corrected chi connectivity index (χ2v) is 13.4. The lowest BCUT2D eigenvalue weighted by atomic mass is 9.86. The van der Waals surface area contributed by atoms with Crippen LogP contribution >= 0.6 is 7.60 Å². The Kier molecular flexibility index (Phi) is 11.0. The number of methoxy groups -OCH3 is 1. The number of carboxylic acids is 1. The summed E-state index contributed by atoms with van der Waals surface area (Å²) in [5.41, 5.74) is 0.320. The van der Waals surface area contributed by atoms with Gasteiger partial charge in [-0.25, -0.2) is 4.79 Å². The quantitative estimate of drug-likeness (QED) is 0.137. The van der Waals surface area contributed by atoms with Crippen molar-refractivity contribution in [1.82, 2.24) is 0 Å². The molecule has 12 heteroatoms. The van der Waals surface area contributed by atoms with Crippen LogP contribution in [0.1, 0.15) is 30.0 Å². The van der Waals surface area contributed by atoms with E-state index in [9.17, 15) is 27.7 Å². The number of hydrogen-bond donors (Lipinski definition) is 1. The van der Waals surface area contributed by atoms with Gasteiger partial charge in [0.2, 0.25) is 0 Å². The Labute approximate surface area is 239 Å². The second-order valence-electron chi connectivity index (χ2n) is 9.73. The molecule has 0 aliphatic heterocycles. The molecule has 0 fully saturated rings. The fraction of sp³-hybridized carbons (Fsp3) is 0.310. The van der Waals surface area contributed by atoms with E-state index in [2.05, 4.69) is 0 Å². The zero-order valence-electron chi connectivity index (χ0n) is 23.0. The first-order valence-corrected chi connectivity index (χ1v) is 15.8. The molecule has 0 aromatic heterocycles. The summed E-state index contributed by atoms with van der Waals surface area (Å²) in [5.74, 6) is -2.58. The van der Waals surface area contributed by atoms with E-state index in [1.165, 1.54) is 31.2 Å². The van der Waals surface area contributed by atoms with E-state index in [0.29, 0.717) is 11.1 Å². The van der Waals surface area contributed by atoms with E-state index in [4.69, 9.17) is 18.0 Å². The summed E-state index contributed by atoms with van der Waals surface area (Å²) in [4.78, 5) is 25.0. The second kappa shape index (κ2) is 14.0. The molecular weight excluding hydrogens is 571 g/mol. The summed E-state index contributed by atoms with van der Waals surface area (Å²) >= 11 is 0. The van der Waals surface area contributed by atoms with Crippen LogP contribution in [0.15, 0.2) is 89.8 Å². The van der Waals surface area contributed by atoms with Crippen LogP contribution in [0.25, 0.3) is 0 Å². The molecule has 3 rings (SSSR count). The Hall–Kier alpha value is -3.34. The minimum Gasteiger partial charge on any atom is -0.479 e. The average molecular weight is 605 g/mol. The SMILES string of the molecule is COC(=O)[C@](C)(C[C@@H](OS(=O)(=O)c1ccc(C)cc1)C(=O)O)CP(=O)(OCc1ccccc1)OCc1ccccc1. The number of rotatable bonds is 15. The maximum atomic E-state index is 14.1. The van der Waals surface area contributed by atoms with Crippen LogP contribution in [0.3, 0.4) is 0 Å². The zero-order valence-corrected chi connectivity index (χ0v) is 24.7. The van der Waals surface area contributed by atoms with Crippen molar-refractivity contribution in [2.45, 2.75) is 44.5 Å². The molecule has 0 saturated heterocycles. The lowest BCUT2D eigenvalue weighted by Gasteiger charge is -2.32. The van der Waals surface area contributed by atoms with Crippen molar-refractivity contribution in [3.05, 3.63) is 102 Å². The topological polar surface area (TPSA) is 142 Å². The molecule has 0 aliphatic carbocycles. The fourth-order valence-corrected chi connectivity index (χ4v) is 7.09. The van der Waals surface area contributed by atoms with Gasteiger partial charge in [-0.15, -0.1) is 0 Å². The lowest BCUT2D eigenvalue weighted by molar-refractivity contribution is -0.155. The van der Waals surface area contributed by atoms with Crippen LogP contribution in [0, 0.1) is 12.3 Å². The zero-order chi connectivity index (χ0) is 30.1. The largest absolute Gasteiger partial charge is 0.479 e. The Morgan fingerprint density at radius 3 is 1.80 bits per heavy atom. The number of esters is 1. The molecule has 1 N–H and O–H groups in total. The van der Waals surface area contributed by atoms with Gasteiger partial charge in [-0.05, 0) is 37.1 Å². The van der Waals surface area contributed by atoms with Crippen molar-refractivity contribution >= 4 is 29.7 Å². The van der Waals surface area contributed by atoms with E-state index in [0.717, 1.165) is 12.7 Å². The molecule has 0 radical (unpaired) electrons. The number of aliphatic carboxylic acids is 1. The van der Waals surface area contributed by atoms with Crippen LogP contribution in [0.2, 0.25) is 0 Å². The van der Waals surface area contributed by atoms with Crippen LogP contribution < -0.4 is 0 Å². The van der Waals surface area contributed by atoms with E-state index in [1.807, 2.05) is 0 Å². The van der Waals surface area contributed by atoms with Gasteiger partial charge in [0.1, 0.15) is 0 Å². The van der Waals surface area contributed by atoms with Gasteiger partial charge < -0.3 is 18.9 Å². The molecule has 0 aliphatic rings. The van der Waals surface area contributed by atoms with Gasteiger partial charge in [-0.3, -0.25) is 13.5 Å². The molecule has 41 heavy (non-hydrogen) atoms. The number of ether oxygens (including phenoxy) is 1. The Morgan fingerprint density at radius 2 is 1.37 bits per heavy atom. The summed E-state index contributed by atoms with van der Waals surface area (Å²) in [6.45, 7) is 2.83. The molecule has 2 atom stereocenters. The summed E-state index contributed by atoms with van der Waals surface area (Å²) in [6.07, 6.45) is -3.32. The van der Waals surface area contributed by atoms with Crippen LogP contribution in [0.5, 0.6) is 0 Å². The third-order valence-electron chi connectivity index (χ3n) is 6.23. The highest BCUT2D eigenvalue weighted by atomic mass is 32.2. The third-order valence-corrected chi connectivity index (χ3v) is 9.69. The molecule has 220 valence electrons. The van der Waals surface area contributed by atoms with Gasteiger partial charge in [-0.1, -0.05) is 78.4 Å². The molecule has 0 heterocycles. The minimum atomic E-state index is -4.53. The van der Waals surface area contributed by atoms with Crippen molar-refractivity contribution in [3.8, 4) is 0 Å². The first-order valence-electron chi connectivity index (χ1n) is 12.6. The van der Waals surface area contributed by atoms with Gasteiger partial charge in [0.25, 0.3) is 10.1 Å². The smallest absolute Gasteiger partial charge is 0.334 e. The Bertz CT molecular complexity index is 1410. The summed E-state index contributed by atoms with van der Waals surface area (Å²) in [7, 11) is -7.58. The molecule has 10 nitrogen and oxygen atoms in total. The molecule has 0 unspecified atom stereocenters. The fourth-order valence-electron chi connectivity index (χ4n) is 3.99. The molecule has 3 aromatic carbocycles. The van der Waals surface area contributed by atoms with Crippen molar-refractivity contribution in [3.63, 3.8) is 0 Å². The third kappa shape index (κ3) is 9.34. The standard InChI is InChI=1S/C29H33O10PS/c1-22-14-16-25(17-15-22)41(34,35)39-26(27(30)31)18-29(2,28(32)36-3)21-40(33,37-19-23-10-6-4-7-11-23)38-20-24-12-8-5-9-13-24/h4-17,26H,18-21H2,1-3H3,(H,30,31)/t26-,29-/m1/s1. The maximum absolute atomic E-state index is 14.1. The summed E-state index contributed by atoms with van der Waals surface area (Å²) in [5, 5.41) is 9.87. The van der Waals surface area contributed by atoms with Crippen LogP contribution in [-0.2, 0) is 55.5 Å². The number of hydrogen-bond acceptors (Lipinski definition) is 9. The monoisotopic (exact) mass is 604 g/mol. The molecule has 0 spiro atoms. The molecule has 0 bridgehead atoms. The van der Waals surface area contributed by atoms with Gasteiger partial charge in [0.05, 0.1) is 36.8 Å². The predicted octanol–water partition coefficient (Wildman–Crippen LogP) is 5.35. The molecule has 3 aromatic rings. The highest BCUT2D eigenvalue weighted by Gasteiger charge is 2.47. The van der Waals surface area contributed by atoms with E-state index in [1.54, 1.807) is 67.6 Å². The van der Waals surface area contributed by atoms with E-state index in [-0.39, 0.29) is 18.1 Å². The maximum Gasteiger partial charge on any atom is 0.334 e. The van der Waals surface area contributed by atoms with Crippen molar-refractivity contribution in [1.29, 1.82) is 0 Å². The number of carbonyl (C=O) groups excluding carboxylic acids is 1. The van der Waals surface area contributed by atoms with Gasteiger partial charge in [0, 0.05) is 6.42 Å². The van der Waals surface area contributed by atoms with E-state index < -0.39 is 53.8 Å². The van der Waals surface area contributed by atoms with Gasteiger partial charge >= 0.3 is 19.5 Å². The highest BCUT2D eigenvalue weighted by Crippen LogP contribution is 2.55. The highest BCUT2D eigenvalue weighted by molar-refractivity contribution is 7.86. The van der Waals surface area contributed by atoms with Gasteiger partial charge in [-0.2, -0.15) is 8.42 Å². The molecular formula is C29H33O10PS. The number of benzene rings is 3. The number of carbonyl (C=O) groups is 2. The first-order chi connectivity index (χ1) is 19.4. The average Bonchev–Trinajstić information content (AvgIpc) is 2.95. The van der Waals surface area contributed by atoms with Crippen molar-refractivity contribution in [2.75, 3.05) is 13.3 Å². The van der Waals surface area contributed by atoms with Crippen molar-refractivity contribution < 1.29 is 45.6 Å². The van der Waals surface area contributed by atoms with Crippen LogP contribution in [-0.4, -0.2) is 44.8 Å². The predicted molar refractivity (Wildman–Crippen MR) is 151 cm³/mol. The number of carboxylic acid groups (broad SMARTS) is 1. The van der Waals surface area contributed by atoms with Crippen LogP contribution in [0.4, 0.5) is 0 Å². The minimum absolute atomic E-state index is 0.120. The molecule has 0 amide bonds. The normalized spacial score (nSPS) is 14.1. The Balaban J connectivity index is 1.90. The number of aryl methyl sites for hydroxylation is 1. The van der Waals surface area contributed by atoms with Gasteiger partial charge in [0.15, 0.2) is 6.10 Å². The summed E-state index contributed by atoms with van der Waals surface area (Å²) < 4.78 is 61.4. The molecule has 0 saturated carbocycles. The lowest BCUT2D eigenvalue weighted by Crippen LogP contribution is -2.41. The van der Waals surface area contributed by atoms with Crippen molar-refractivity contribution in [2.24, 2.45) is 5.41 Å². The van der Waals surface area contributed by atoms with E-state index >= 15 is 0 Å². The first kappa shape index (κ1) is 32.2. The Morgan fingerprint density at radius 1 is 0.878 bits per heavy atom. The summed E-state index contributed by atoms with van der Waals surface area (Å²) in [6, 6.07) is 23.4.